The first-order valence-corrected chi connectivity index (χ1v) is 11.7. The van der Waals surface area contributed by atoms with Gasteiger partial charge in [0.1, 0.15) is 28.4 Å². The highest BCUT2D eigenvalue weighted by Crippen LogP contribution is 2.40. The number of nitrogens with zero attached hydrogens (tertiary/aromatic N) is 4. The minimum Gasteiger partial charge on any atom is -0.488 e. The summed E-state index contributed by atoms with van der Waals surface area (Å²) >= 11 is 0. The van der Waals surface area contributed by atoms with E-state index in [0.29, 0.717) is 11.4 Å². The van der Waals surface area contributed by atoms with Crippen LogP contribution in [0.25, 0.3) is 22.3 Å². The maximum atomic E-state index is 13.1. The summed E-state index contributed by atoms with van der Waals surface area (Å²) in [7, 11) is 1.71. The molecule has 2 aromatic heterocycles. The van der Waals surface area contributed by atoms with Gasteiger partial charge in [0.15, 0.2) is 0 Å². The van der Waals surface area contributed by atoms with Crippen LogP contribution in [0.2, 0.25) is 0 Å². The third-order valence-corrected chi connectivity index (χ3v) is 6.75. The Morgan fingerprint density at radius 2 is 1.79 bits per heavy atom. The summed E-state index contributed by atoms with van der Waals surface area (Å²) in [4.78, 5) is 15.3. The SMILES string of the molecule is Cn1nc(-c2n[nH]c3ccc(OC4(C)CC4)cc23)cc(N2CCC(C)(C)NC(C)(C)C2)c1=O. The van der Waals surface area contributed by atoms with Crippen molar-refractivity contribution in [3.05, 3.63) is 34.6 Å². The monoisotopic (exact) mass is 450 g/mol. The second-order valence-electron chi connectivity index (χ2n) is 11.2. The van der Waals surface area contributed by atoms with Gasteiger partial charge in [-0.2, -0.15) is 10.2 Å². The molecule has 0 atom stereocenters. The molecule has 8 heteroatoms. The molecule has 1 aliphatic carbocycles. The summed E-state index contributed by atoms with van der Waals surface area (Å²) < 4.78 is 7.59. The highest BCUT2D eigenvalue weighted by atomic mass is 16.5. The van der Waals surface area contributed by atoms with Crippen molar-refractivity contribution in [1.29, 1.82) is 0 Å². The van der Waals surface area contributed by atoms with E-state index < -0.39 is 0 Å². The van der Waals surface area contributed by atoms with Gasteiger partial charge in [-0.3, -0.25) is 9.89 Å². The number of fused-ring (bicyclic) bond motifs is 1. The van der Waals surface area contributed by atoms with Crippen molar-refractivity contribution in [3.63, 3.8) is 0 Å². The molecular formula is C25H34N6O2. The molecule has 0 spiro atoms. The molecule has 1 saturated carbocycles. The minimum absolute atomic E-state index is 0.00760. The zero-order valence-corrected chi connectivity index (χ0v) is 20.5. The number of aryl methyl sites for hydroxylation is 1. The van der Waals surface area contributed by atoms with Crippen molar-refractivity contribution < 1.29 is 4.74 Å². The Morgan fingerprint density at radius 1 is 1.03 bits per heavy atom. The third kappa shape index (κ3) is 4.36. The van der Waals surface area contributed by atoms with Crippen molar-refractivity contribution in [2.24, 2.45) is 7.05 Å². The highest BCUT2D eigenvalue weighted by molar-refractivity contribution is 5.93. The van der Waals surface area contributed by atoms with Crippen molar-refractivity contribution in [1.82, 2.24) is 25.3 Å². The molecule has 2 aliphatic rings. The standard InChI is InChI=1S/C25H34N6O2/c1-23(2)11-12-31(15-24(3,4)29-23)20-14-19(28-30(6)22(20)32)21-17-13-16(33-25(5)9-10-25)7-8-18(17)26-27-21/h7-8,13-14,29H,9-12,15H2,1-6H3,(H,26,27). The number of hydrogen-bond donors (Lipinski definition) is 2. The summed E-state index contributed by atoms with van der Waals surface area (Å²) in [5, 5.41) is 16.9. The average molecular weight is 451 g/mol. The lowest BCUT2D eigenvalue weighted by Crippen LogP contribution is -2.54. The fraction of sp³-hybridized carbons (Fsp3) is 0.560. The largest absolute Gasteiger partial charge is 0.488 e. The second-order valence-corrected chi connectivity index (χ2v) is 11.2. The van der Waals surface area contributed by atoms with E-state index in [1.165, 1.54) is 4.68 Å². The normalized spacial score (nSPS) is 21.1. The molecule has 176 valence electrons. The van der Waals surface area contributed by atoms with E-state index in [0.717, 1.165) is 54.7 Å². The maximum Gasteiger partial charge on any atom is 0.290 e. The summed E-state index contributed by atoms with van der Waals surface area (Å²) in [5.74, 6) is 0.831. The third-order valence-electron chi connectivity index (χ3n) is 6.75. The summed E-state index contributed by atoms with van der Waals surface area (Å²) in [6, 6.07) is 7.87. The number of benzene rings is 1. The first-order valence-electron chi connectivity index (χ1n) is 11.7. The lowest BCUT2D eigenvalue weighted by atomic mass is 9.96. The fourth-order valence-electron chi connectivity index (χ4n) is 4.94. The van der Waals surface area contributed by atoms with Crippen LogP contribution in [-0.4, -0.2) is 49.7 Å². The Kier molecular flexibility index (Phi) is 4.87. The van der Waals surface area contributed by atoms with Crippen LogP contribution < -0.4 is 20.5 Å². The zero-order valence-electron chi connectivity index (χ0n) is 20.5. The molecule has 8 nitrogen and oxygen atoms in total. The lowest BCUT2D eigenvalue weighted by molar-refractivity contribution is 0.200. The molecule has 0 radical (unpaired) electrons. The number of aromatic amines is 1. The van der Waals surface area contributed by atoms with E-state index in [-0.39, 0.29) is 22.2 Å². The van der Waals surface area contributed by atoms with Gasteiger partial charge < -0.3 is 15.0 Å². The van der Waals surface area contributed by atoms with Crippen molar-refractivity contribution in [2.45, 2.75) is 70.6 Å². The number of nitrogens with one attached hydrogen (secondary N) is 2. The number of hydrogen-bond acceptors (Lipinski definition) is 6. The van der Waals surface area contributed by atoms with Crippen LogP contribution in [0, 0.1) is 0 Å². The van der Waals surface area contributed by atoms with Gasteiger partial charge in [-0.1, -0.05) is 0 Å². The summed E-state index contributed by atoms with van der Waals surface area (Å²) in [6.07, 6.45) is 3.09. The predicted molar refractivity (Wildman–Crippen MR) is 131 cm³/mol. The fourth-order valence-corrected chi connectivity index (χ4v) is 4.94. The molecule has 0 unspecified atom stereocenters. The van der Waals surface area contributed by atoms with E-state index in [9.17, 15) is 4.79 Å². The van der Waals surface area contributed by atoms with Crippen molar-refractivity contribution >= 4 is 16.6 Å². The van der Waals surface area contributed by atoms with Gasteiger partial charge in [-0.15, -0.1) is 0 Å². The zero-order chi connectivity index (χ0) is 23.6. The van der Waals surface area contributed by atoms with E-state index in [1.54, 1.807) is 7.05 Å². The van der Waals surface area contributed by atoms with Crippen molar-refractivity contribution in [3.8, 4) is 17.1 Å². The van der Waals surface area contributed by atoms with Gasteiger partial charge >= 0.3 is 0 Å². The molecule has 3 aromatic rings. The molecule has 2 N–H and O–H groups in total. The highest BCUT2D eigenvalue weighted by Gasteiger charge is 2.40. The molecule has 0 bridgehead atoms. The van der Waals surface area contributed by atoms with Crippen molar-refractivity contribution in [2.75, 3.05) is 18.0 Å². The number of anilines is 1. The van der Waals surface area contributed by atoms with E-state index >= 15 is 0 Å². The van der Waals surface area contributed by atoms with Gasteiger partial charge in [0.2, 0.25) is 0 Å². The number of H-pyrrole nitrogens is 1. The molecule has 1 aliphatic heterocycles. The Labute approximate surface area is 194 Å². The van der Waals surface area contributed by atoms with Crippen LogP contribution in [0.15, 0.2) is 29.1 Å². The van der Waals surface area contributed by atoms with Crippen LogP contribution in [0.5, 0.6) is 5.75 Å². The number of ether oxygens (including phenoxy) is 1. The van der Waals surface area contributed by atoms with Gasteiger partial charge in [-0.05, 0) is 78.1 Å². The Hall–Kier alpha value is -2.87. The average Bonchev–Trinajstić information content (AvgIpc) is 3.31. The summed E-state index contributed by atoms with van der Waals surface area (Å²) in [6.45, 7) is 12.4. The number of aromatic nitrogens is 4. The first-order chi connectivity index (χ1) is 15.4. The van der Waals surface area contributed by atoms with Gasteiger partial charge in [-0.25, -0.2) is 4.68 Å². The van der Waals surface area contributed by atoms with Crippen LogP contribution in [-0.2, 0) is 7.05 Å². The van der Waals surface area contributed by atoms with E-state index in [2.05, 4.69) is 60.1 Å². The first kappa shape index (κ1) is 21.9. The Balaban J connectivity index is 1.56. The number of rotatable bonds is 4. The molecule has 5 rings (SSSR count). The van der Waals surface area contributed by atoms with Gasteiger partial charge in [0.05, 0.1) is 5.52 Å². The smallest absolute Gasteiger partial charge is 0.290 e. The lowest BCUT2D eigenvalue weighted by Gasteiger charge is -2.35. The molecule has 33 heavy (non-hydrogen) atoms. The predicted octanol–water partition coefficient (Wildman–Crippen LogP) is 3.61. The van der Waals surface area contributed by atoms with Crippen LogP contribution >= 0.6 is 0 Å². The van der Waals surface area contributed by atoms with E-state index in [1.807, 2.05) is 24.3 Å². The second kappa shape index (κ2) is 7.32. The maximum absolute atomic E-state index is 13.1. The van der Waals surface area contributed by atoms with E-state index in [4.69, 9.17) is 4.74 Å². The van der Waals surface area contributed by atoms with Gasteiger partial charge in [0.25, 0.3) is 5.56 Å². The Morgan fingerprint density at radius 3 is 2.52 bits per heavy atom. The molecule has 2 fully saturated rings. The molecular weight excluding hydrogens is 416 g/mol. The van der Waals surface area contributed by atoms with Gasteiger partial charge in [0, 0.05) is 36.6 Å². The topological polar surface area (TPSA) is 88.1 Å². The molecule has 3 heterocycles. The minimum atomic E-state index is -0.140. The van der Waals surface area contributed by atoms with Crippen LogP contribution in [0.1, 0.15) is 53.9 Å². The quantitative estimate of drug-likeness (QED) is 0.631. The Bertz CT molecular complexity index is 1270. The molecule has 1 saturated heterocycles. The molecule has 1 aromatic carbocycles. The molecule has 0 amide bonds. The van der Waals surface area contributed by atoms with Crippen LogP contribution in [0.4, 0.5) is 5.69 Å². The van der Waals surface area contributed by atoms with Crippen LogP contribution in [0.3, 0.4) is 0 Å². The summed E-state index contributed by atoms with van der Waals surface area (Å²) in [5.41, 5.74) is 2.66.